The Morgan fingerprint density at radius 2 is 2.24 bits per heavy atom. The van der Waals surface area contributed by atoms with Crippen LogP contribution in [0, 0.1) is 10.1 Å². The van der Waals surface area contributed by atoms with Crippen molar-refractivity contribution in [2.24, 2.45) is 0 Å². The average Bonchev–Trinajstić information content (AvgIpc) is 2.99. The SMILES string of the molecule is O=C(CCCC[C@H](O)O[N+](=O)[O-])O[C@@H]1CO[C@@H]2CCO[C@H]21. The van der Waals surface area contributed by atoms with E-state index in [2.05, 4.69) is 4.84 Å². The summed E-state index contributed by atoms with van der Waals surface area (Å²) < 4.78 is 16.2. The van der Waals surface area contributed by atoms with Gasteiger partial charge < -0.3 is 19.3 Å². The van der Waals surface area contributed by atoms with Crippen LogP contribution in [0.3, 0.4) is 0 Å². The molecule has 2 aliphatic rings. The molecule has 2 heterocycles. The van der Waals surface area contributed by atoms with Crippen molar-refractivity contribution in [3.63, 3.8) is 0 Å². The van der Waals surface area contributed by atoms with Gasteiger partial charge in [0.15, 0.2) is 6.10 Å². The molecule has 0 aliphatic carbocycles. The van der Waals surface area contributed by atoms with E-state index in [1.807, 2.05) is 0 Å². The monoisotopic (exact) mass is 305 g/mol. The first-order chi connectivity index (χ1) is 10.1. The molecule has 0 radical (unpaired) electrons. The number of carbonyl (C=O) groups is 1. The molecular formula is C12H19NO8. The lowest BCUT2D eigenvalue weighted by Gasteiger charge is -2.16. The van der Waals surface area contributed by atoms with Gasteiger partial charge >= 0.3 is 5.97 Å². The molecule has 4 atom stereocenters. The van der Waals surface area contributed by atoms with E-state index in [4.69, 9.17) is 19.3 Å². The third-order valence-corrected chi connectivity index (χ3v) is 3.49. The van der Waals surface area contributed by atoms with Gasteiger partial charge in [-0.15, -0.1) is 10.1 Å². The molecule has 9 heteroatoms. The molecule has 0 aromatic heterocycles. The van der Waals surface area contributed by atoms with Gasteiger partial charge in [0.25, 0.3) is 5.09 Å². The van der Waals surface area contributed by atoms with Gasteiger partial charge in [-0.1, -0.05) is 0 Å². The lowest BCUT2D eigenvalue weighted by atomic mass is 10.1. The Labute approximate surface area is 121 Å². The van der Waals surface area contributed by atoms with Crippen LogP contribution in [0.25, 0.3) is 0 Å². The molecule has 2 rings (SSSR count). The average molecular weight is 305 g/mol. The fraction of sp³-hybridized carbons (Fsp3) is 0.917. The molecule has 0 aromatic rings. The van der Waals surface area contributed by atoms with Crippen LogP contribution in [-0.4, -0.2) is 54.0 Å². The van der Waals surface area contributed by atoms with E-state index in [9.17, 15) is 14.9 Å². The van der Waals surface area contributed by atoms with Crippen molar-refractivity contribution in [3.05, 3.63) is 10.1 Å². The second-order valence-electron chi connectivity index (χ2n) is 5.05. The number of esters is 1. The van der Waals surface area contributed by atoms with E-state index in [1.54, 1.807) is 0 Å². The molecule has 21 heavy (non-hydrogen) atoms. The number of aliphatic hydroxyl groups excluding tert-OH is 1. The summed E-state index contributed by atoms with van der Waals surface area (Å²) in [4.78, 5) is 25.6. The largest absolute Gasteiger partial charge is 0.457 e. The second kappa shape index (κ2) is 7.53. The topological polar surface area (TPSA) is 117 Å². The van der Waals surface area contributed by atoms with Crippen molar-refractivity contribution in [1.82, 2.24) is 0 Å². The maximum atomic E-state index is 11.7. The molecule has 120 valence electrons. The molecule has 0 spiro atoms. The summed E-state index contributed by atoms with van der Waals surface area (Å²) in [6.45, 7) is 0.980. The zero-order chi connectivity index (χ0) is 15.2. The minimum absolute atomic E-state index is 0.0252. The highest BCUT2D eigenvalue weighted by Crippen LogP contribution is 2.28. The molecule has 0 aromatic carbocycles. The quantitative estimate of drug-likeness (QED) is 0.222. The molecule has 2 saturated heterocycles. The zero-order valence-corrected chi connectivity index (χ0v) is 11.5. The van der Waals surface area contributed by atoms with Crippen molar-refractivity contribution in [3.8, 4) is 0 Å². The molecule has 0 saturated carbocycles. The molecule has 1 N–H and O–H groups in total. The lowest BCUT2D eigenvalue weighted by Crippen LogP contribution is -2.32. The summed E-state index contributed by atoms with van der Waals surface area (Å²) in [5, 5.41) is 18.0. The van der Waals surface area contributed by atoms with Gasteiger partial charge in [-0.05, 0) is 25.7 Å². The summed E-state index contributed by atoms with van der Waals surface area (Å²) in [7, 11) is 0. The number of aliphatic hydroxyl groups is 1. The standard InChI is InChI=1S/C12H19NO8/c14-10(3-1-2-4-11(15)21-13(16)17)20-9-7-19-8-5-6-18-12(8)9/h8-9,11-12,15H,1-7H2/t8-,9-,11-,12-/m1/s1. The minimum atomic E-state index is -1.45. The van der Waals surface area contributed by atoms with Gasteiger partial charge in [0, 0.05) is 13.0 Å². The summed E-state index contributed by atoms with van der Waals surface area (Å²) in [6.07, 6.45) is 0.0374. The Morgan fingerprint density at radius 1 is 1.43 bits per heavy atom. The highest BCUT2D eigenvalue weighted by atomic mass is 17.0. The lowest BCUT2D eigenvalue weighted by molar-refractivity contribution is -0.780. The van der Waals surface area contributed by atoms with Crippen molar-refractivity contribution < 1.29 is 34.0 Å². The molecule has 2 aliphatic heterocycles. The van der Waals surface area contributed by atoms with Gasteiger partial charge in [0.1, 0.15) is 6.10 Å². The van der Waals surface area contributed by atoms with E-state index in [0.29, 0.717) is 26.1 Å². The normalized spacial score (nSPS) is 28.9. The number of nitrogens with zero attached hydrogens (tertiary/aromatic N) is 1. The fourth-order valence-corrected chi connectivity index (χ4v) is 2.50. The third-order valence-electron chi connectivity index (χ3n) is 3.49. The predicted octanol–water partition coefficient (Wildman–Crippen LogP) is 0.173. The third kappa shape index (κ3) is 4.80. The number of fused-ring (bicyclic) bond motifs is 1. The van der Waals surface area contributed by atoms with Crippen LogP contribution in [0.5, 0.6) is 0 Å². The van der Waals surface area contributed by atoms with Crippen LogP contribution in [0.4, 0.5) is 0 Å². The van der Waals surface area contributed by atoms with Crippen molar-refractivity contribution >= 4 is 5.97 Å². The van der Waals surface area contributed by atoms with Crippen LogP contribution in [0.2, 0.25) is 0 Å². The van der Waals surface area contributed by atoms with Crippen LogP contribution in [0.1, 0.15) is 32.1 Å². The number of rotatable bonds is 8. The fourth-order valence-electron chi connectivity index (χ4n) is 2.50. The van der Waals surface area contributed by atoms with Crippen LogP contribution in [0.15, 0.2) is 0 Å². The first kappa shape index (κ1) is 15.9. The van der Waals surface area contributed by atoms with E-state index >= 15 is 0 Å². The molecule has 9 nitrogen and oxygen atoms in total. The Morgan fingerprint density at radius 3 is 3.00 bits per heavy atom. The summed E-state index contributed by atoms with van der Waals surface area (Å²) in [5.41, 5.74) is 0. The number of ether oxygens (including phenoxy) is 3. The van der Waals surface area contributed by atoms with E-state index in [0.717, 1.165) is 6.42 Å². The first-order valence-corrected chi connectivity index (χ1v) is 6.98. The van der Waals surface area contributed by atoms with E-state index < -0.39 is 11.4 Å². The Bertz CT molecular complexity index is 376. The van der Waals surface area contributed by atoms with Gasteiger partial charge in [-0.2, -0.15) is 0 Å². The van der Waals surface area contributed by atoms with Gasteiger partial charge in [-0.25, -0.2) is 0 Å². The summed E-state index contributed by atoms with van der Waals surface area (Å²) in [5.74, 6) is -0.357. The smallest absolute Gasteiger partial charge is 0.306 e. The van der Waals surface area contributed by atoms with Gasteiger partial charge in [-0.3, -0.25) is 9.63 Å². The van der Waals surface area contributed by atoms with Crippen LogP contribution in [-0.2, 0) is 23.8 Å². The zero-order valence-electron chi connectivity index (χ0n) is 11.5. The van der Waals surface area contributed by atoms with Gasteiger partial charge in [0.2, 0.25) is 6.29 Å². The van der Waals surface area contributed by atoms with E-state index in [-0.39, 0.29) is 37.1 Å². The van der Waals surface area contributed by atoms with Crippen molar-refractivity contribution in [2.75, 3.05) is 13.2 Å². The van der Waals surface area contributed by atoms with Crippen molar-refractivity contribution in [1.29, 1.82) is 0 Å². The van der Waals surface area contributed by atoms with Gasteiger partial charge in [0.05, 0.1) is 12.7 Å². The number of carbonyl (C=O) groups excluding carboxylic acids is 1. The summed E-state index contributed by atoms with van der Waals surface area (Å²) in [6, 6.07) is 0. The summed E-state index contributed by atoms with van der Waals surface area (Å²) >= 11 is 0. The van der Waals surface area contributed by atoms with Crippen LogP contribution < -0.4 is 0 Å². The minimum Gasteiger partial charge on any atom is -0.457 e. The molecular weight excluding hydrogens is 286 g/mol. The molecule has 0 bridgehead atoms. The number of unbranched alkanes of at least 4 members (excludes halogenated alkanes) is 1. The second-order valence-corrected chi connectivity index (χ2v) is 5.05. The highest BCUT2D eigenvalue weighted by Gasteiger charge is 2.43. The number of hydrogen-bond donors (Lipinski definition) is 1. The van der Waals surface area contributed by atoms with E-state index in [1.165, 1.54) is 0 Å². The predicted molar refractivity (Wildman–Crippen MR) is 66.5 cm³/mol. The van der Waals surface area contributed by atoms with Crippen molar-refractivity contribution in [2.45, 2.75) is 56.7 Å². The van der Waals surface area contributed by atoms with Crippen LogP contribution >= 0.6 is 0 Å². The number of hydrogen-bond acceptors (Lipinski definition) is 8. The molecule has 0 amide bonds. The maximum Gasteiger partial charge on any atom is 0.306 e. The molecule has 0 unspecified atom stereocenters. The maximum absolute atomic E-state index is 11.7. The Kier molecular flexibility index (Phi) is 5.71. The Balaban J connectivity index is 1.57. The first-order valence-electron chi connectivity index (χ1n) is 6.98. The highest BCUT2D eigenvalue weighted by molar-refractivity contribution is 5.69. The Hall–Kier alpha value is -1.45. The molecule has 2 fully saturated rings.